The van der Waals surface area contributed by atoms with Gasteiger partial charge in [0.1, 0.15) is 5.01 Å². The van der Waals surface area contributed by atoms with E-state index in [1.165, 1.54) is 16.0 Å². The monoisotopic (exact) mass is 301 g/mol. The number of nitrogens with zero attached hydrogens (tertiary/aromatic N) is 2. The van der Waals surface area contributed by atoms with Gasteiger partial charge in [-0.2, -0.15) is 0 Å². The molecule has 0 aliphatic carbocycles. The van der Waals surface area contributed by atoms with E-state index in [0.717, 1.165) is 10.0 Å². The van der Waals surface area contributed by atoms with Crippen LogP contribution in [0, 0.1) is 6.92 Å². The number of rotatable bonds is 4. The lowest BCUT2D eigenvalue weighted by Crippen LogP contribution is -2.17. The average Bonchev–Trinajstić information content (AvgIpc) is 3.10. The summed E-state index contributed by atoms with van der Waals surface area (Å²) in [4.78, 5) is 1.22. The standard InChI is InChI=1S/C15H15N3S2/c1-10-8-9-19-13(10)15-18-17-14(20-15)12(16-2)11-6-4-3-5-7-11/h3-9,12,16H,1-2H3. The van der Waals surface area contributed by atoms with Crippen molar-refractivity contribution < 1.29 is 0 Å². The summed E-state index contributed by atoms with van der Waals surface area (Å²) < 4.78 is 0. The van der Waals surface area contributed by atoms with Crippen LogP contribution in [0.4, 0.5) is 0 Å². The van der Waals surface area contributed by atoms with Crippen molar-refractivity contribution in [2.45, 2.75) is 13.0 Å². The van der Waals surface area contributed by atoms with Crippen LogP contribution in [0.3, 0.4) is 0 Å². The van der Waals surface area contributed by atoms with E-state index in [9.17, 15) is 0 Å². The van der Waals surface area contributed by atoms with Crippen LogP contribution in [0.25, 0.3) is 9.88 Å². The second kappa shape index (κ2) is 5.83. The summed E-state index contributed by atoms with van der Waals surface area (Å²) in [6, 6.07) is 12.6. The van der Waals surface area contributed by atoms with Crippen LogP contribution in [0.2, 0.25) is 0 Å². The van der Waals surface area contributed by atoms with Gasteiger partial charge < -0.3 is 5.32 Å². The molecule has 1 atom stereocenters. The van der Waals surface area contributed by atoms with Gasteiger partial charge in [0.15, 0.2) is 5.01 Å². The number of hydrogen-bond donors (Lipinski definition) is 1. The number of hydrogen-bond acceptors (Lipinski definition) is 5. The van der Waals surface area contributed by atoms with Gasteiger partial charge in [0, 0.05) is 0 Å². The molecule has 3 nitrogen and oxygen atoms in total. The van der Waals surface area contributed by atoms with Gasteiger partial charge >= 0.3 is 0 Å². The third-order valence-electron chi connectivity index (χ3n) is 3.17. The number of thiophene rings is 1. The summed E-state index contributed by atoms with van der Waals surface area (Å²) in [5, 5.41) is 16.1. The van der Waals surface area contributed by atoms with Crippen molar-refractivity contribution in [2.24, 2.45) is 0 Å². The maximum Gasteiger partial charge on any atom is 0.158 e. The highest BCUT2D eigenvalue weighted by atomic mass is 32.1. The molecule has 2 aromatic heterocycles. The summed E-state index contributed by atoms with van der Waals surface area (Å²) in [6.45, 7) is 2.11. The fourth-order valence-corrected chi connectivity index (χ4v) is 4.17. The Morgan fingerprint density at radius 3 is 2.55 bits per heavy atom. The SMILES string of the molecule is CNC(c1ccccc1)c1nnc(-c2sccc2C)s1. The first-order valence-corrected chi connectivity index (χ1v) is 8.09. The van der Waals surface area contributed by atoms with Gasteiger partial charge in [-0.05, 0) is 36.5 Å². The van der Waals surface area contributed by atoms with Gasteiger partial charge in [-0.1, -0.05) is 41.7 Å². The van der Waals surface area contributed by atoms with Crippen LogP contribution in [-0.2, 0) is 0 Å². The largest absolute Gasteiger partial charge is 0.307 e. The summed E-state index contributed by atoms with van der Waals surface area (Å²) in [6.07, 6.45) is 0. The van der Waals surface area contributed by atoms with Crippen molar-refractivity contribution in [3.63, 3.8) is 0 Å². The Kier molecular flexibility index (Phi) is 3.91. The van der Waals surface area contributed by atoms with Crippen LogP contribution >= 0.6 is 22.7 Å². The minimum atomic E-state index is 0.0997. The number of benzene rings is 1. The molecule has 0 saturated heterocycles. The van der Waals surface area contributed by atoms with E-state index in [-0.39, 0.29) is 6.04 Å². The molecule has 5 heteroatoms. The second-order valence-corrected chi connectivity index (χ2v) is 6.44. The van der Waals surface area contributed by atoms with E-state index in [1.807, 2.05) is 25.2 Å². The lowest BCUT2D eigenvalue weighted by Gasteiger charge is -2.12. The van der Waals surface area contributed by atoms with Crippen LogP contribution in [-0.4, -0.2) is 17.2 Å². The first-order valence-electron chi connectivity index (χ1n) is 6.39. The quantitative estimate of drug-likeness (QED) is 0.794. The van der Waals surface area contributed by atoms with Gasteiger partial charge in [0.2, 0.25) is 0 Å². The topological polar surface area (TPSA) is 37.8 Å². The predicted molar refractivity (Wildman–Crippen MR) is 85.3 cm³/mol. The zero-order chi connectivity index (χ0) is 13.9. The highest BCUT2D eigenvalue weighted by molar-refractivity contribution is 7.21. The Balaban J connectivity index is 1.95. The van der Waals surface area contributed by atoms with Crippen molar-refractivity contribution in [2.75, 3.05) is 7.05 Å². The van der Waals surface area contributed by atoms with Gasteiger partial charge in [0.05, 0.1) is 10.9 Å². The van der Waals surface area contributed by atoms with E-state index < -0.39 is 0 Å². The van der Waals surface area contributed by atoms with E-state index in [1.54, 1.807) is 22.7 Å². The Morgan fingerprint density at radius 1 is 1.10 bits per heavy atom. The fraction of sp³-hybridized carbons (Fsp3) is 0.200. The highest BCUT2D eigenvalue weighted by Gasteiger charge is 2.18. The zero-order valence-electron chi connectivity index (χ0n) is 11.3. The molecular weight excluding hydrogens is 286 g/mol. The summed E-state index contributed by atoms with van der Waals surface area (Å²) in [5.41, 5.74) is 2.47. The molecule has 0 fully saturated rings. The van der Waals surface area contributed by atoms with Crippen LogP contribution in [0.5, 0.6) is 0 Å². The molecule has 1 N–H and O–H groups in total. The van der Waals surface area contributed by atoms with Gasteiger partial charge in [-0.25, -0.2) is 0 Å². The lowest BCUT2D eigenvalue weighted by atomic mass is 10.1. The van der Waals surface area contributed by atoms with Gasteiger partial charge in [-0.3, -0.25) is 0 Å². The van der Waals surface area contributed by atoms with E-state index in [2.05, 4.69) is 46.0 Å². The minimum Gasteiger partial charge on any atom is -0.307 e. The summed E-state index contributed by atoms with van der Waals surface area (Å²) in [7, 11) is 1.95. The zero-order valence-corrected chi connectivity index (χ0v) is 13.0. The Labute approximate surface area is 126 Å². The van der Waals surface area contributed by atoms with Crippen molar-refractivity contribution in [3.8, 4) is 9.88 Å². The van der Waals surface area contributed by atoms with Crippen LogP contribution in [0.15, 0.2) is 41.8 Å². The molecule has 1 unspecified atom stereocenters. The number of aryl methyl sites for hydroxylation is 1. The fourth-order valence-electron chi connectivity index (χ4n) is 2.11. The minimum absolute atomic E-state index is 0.0997. The molecule has 3 rings (SSSR count). The molecule has 20 heavy (non-hydrogen) atoms. The molecule has 102 valence electrons. The van der Waals surface area contributed by atoms with E-state index >= 15 is 0 Å². The Morgan fingerprint density at radius 2 is 1.90 bits per heavy atom. The molecule has 0 aliphatic heterocycles. The van der Waals surface area contributed by atoms with Crippen LogP contribution in [0.1, 0.15) is 22.2 Å². The maximum atomic E-state index is 4.37. The third-order valence-corrected chi connectivity index (χ3v) is 5.32. The lowest BCUT2D eigenvalue weighted by molar-refractivity contribution is 0.678. The summed E-state index contributed by atoms with van der Waals surface area (Å²) >= 11 is 3.38. The van der Waals surface area contributed by atoms with Crippen molar-refractivity contribution in [1.82, 2.24) is 15.5 Å². The van der Waals surface area contributed by atoms with Gasteiger partial charge in [0.25, 0.3) is 0 Å². The molecule has 0 radical (unpaired) electrons. The van der Waals surface area contributed by atoms with Crippen molar-refractivity contribution in [3.05, 3.63) is 57.9 Å². The van der Waals surface area contributed by atoms with E-state index in [0.29, 0.717) is 0 Å². The second-order valence-electron chi connectivity index (χ2n) is 4.51. The van der Waals surface area contributed by atoms with Crippen molar-refractivity contribution in [1.29, 1.82) is 0 Å². The highest BCUT2D eigenvalue weighted by Crippen LogP contribution is 2.34. The molecule has 2 heterocycles. The molecular formula is C15H15N3S2. The Hall–Kier alpha value is -1.56. The smallest absolute Gasteiger partial charge is 0.158 e. The van der Waals surface area contributed by atoms with Crippen molar-refractivity contribution >= 4 is 22.7 Å². The molecule has 0 spiro atoms. The average molecular weight is 301 g/mol. The summed E-state index contributed by atoms with van der Waals surface area (Å²) in [5.74, 6) is 0. The molecule has 0 amide bonds. The van der Waals surface area contributed by atoms with Gasteiger partial charge in [-0.15, -0.1) is 21.5 Å². The first-order chi connectivity index (χ1) is 9.79. The molecule has 0 saturated carbocycles. The normalized spacial score (nSPS) is 12.5. The first kappa shape index (κ1) is 13.4. The molecule has 0 aliphatic rings. The van der Waals surface area contributed by atoms with Crippen LogP contribution < -0.4 is 5.32 Å². The van der Waals surface area contributed by atoms with E-state index in [4.69, 9.17) is 0 Å². The Bertz CT molecular complexity index is 688. The maximum absolute atomic E-state index is 4.37. The number of aromatic nitrogens is 2. The number of nitrogens with one attached hydrogen (secondary N) is 1. The molecule has 3 aromatic rings. The predicted octanol–water partition coefficient (Wildman–Crippen LogP) is 3.88. The molecule has 1 aromatic carbocycles. The molecule has 0 bridgehead atoms. The third kappa shape index (κ3) is 2.52.